The maximum absolute atomic E-state index is 12.4. The molecular formula is C21H17N5OS. The summed E-state index contributed by atoms with van der Waals surface area (Å²) in [5.41, 5.74) is 3.62. The van der Waals surface area contributed by atoms with Gasteiger partial charge in [-0.1, -0.05) is 42.1 Å². The lowest BCUT2D eigenvalue weighted by molar-refractivity contribution is 0.892. The molecule has 7 heteroatoms. The molecule has 28 heavy (non-hydrogen) atoms. The molecule has 5 aromatic rings. The van der Waals surface area contributed by atoms with Gasteiger partial charge in [0.2, 0.25) is 0 Å². The molecule has 3 aromatic heterocycles. The van der Waals surface area contributed by atoms with Crippen LogP contribution in [0.15, 0.2) is 64.5 Å². The van der Waals surface area contributed by atoms with Gasteiger partial charge in [0.05, 0.1) is 21.7 Å². The molecule has 0 aliphatic heterocycles. The van der Waals surface area contributed by atoms with Gasteiger partial charge >= 0.3 is 0 Å². The van der Waals surface area contributed by atoms with E-state index in [1.807, 2.05) is 43.3 Å². The molecule has 0 aliphatic carbocycles. The van der Waals surface area contributed by atoms with E-state index in [1.54, 1.807) is 6.07 Å². The topological polar surface area (TPSA) is 75.9 Å². The molecule has 0 amide bonds. The zero-order valence-corrected chi connectivity index (χ0v) is 16.2. The van der Waals surface area contributed by atoms with Gasteiger partial charge in [0, 0.05) is 5.39 Å². The SMILES string of the molecule is Cc1cc2nnc(S[C@H](C)c3nc4ccccc4c(=O)[nH]3)n2c2ccccc12. The van der Waals surface area contributed by atoms with E-state index in [4.69, 9.17) is 0 Å². The lowest BCUT2D eigenvalue weighted by Crippen LogP contribution is -2.12. The van der Waals surface area contributed by atoms with E-state index in [0.29, 0.717) is 16.7 Å². The third-order valence-electron chi connectivity index (χ3n) is 4.87. The molecule has 0 saturated carbocycles. The van der Waals surface area contributed by atoms with Crippen molar-refractivity contribution in [2.75, 3.05) is 0 Å². The van der Waals surface area contributed by atoms with E-state index in [-0.39, 0.29) is 10.8 Å². The van der Waals surface area contributed by atoms with Crippen LogP contribution in [0, 0.1) is 6.92 Å². The van der Waals surface area contributed by atoms with Gasteiger partial charge in [-0.2, -0.15) is 0 Å². The van der Waals surface area contributed by atoms with Crippen LogP contribution < -0.4 is 5.56 Å². The molecule has 0 aliphatic rings. The Morgan fingerprint density at radius 2 is 1.79 bits per heavy atom. The molecule has 0 spiro atoms. The lowest BCUT2D eigenvalue weighted by Gasteiger charge is -2.11. The molecule has 1 N–H and O–H groups in total. The number of pyridine rings is 1. The highest BCUT2D eigenvalue weighted by Crippen LogP contribution is 2.34. The highest BCUT2D eigenvalue weighted by molar-refractivity contribution is 7.99. The van der Waals surface area contributed by atoms with Crippen molar-refractivity contribution in [2.45, 2.75) is 24.3 Å². The second kappa shape index (κ2) is 6.45. The summed E-state index contributed by atoms with van der Waals surface area (Å²) in [5.74, 6) is 0.627. The predicted octanol–water partition coefficient (Wildman–Crippen LogP) is 4.28. The molecule has 0 fully saturated rings. The Morgan fingerprint density at radius 3 is 2.64 bits per heavy atom. The lowest BCUT2D eigenvalue weighted by atomic mass is 10.1. The number of thioether (sulfide) groups is 1. The van der Waals surface area contributed by atoms with Gasteiger partial charge in [0.25, 0.3) is 5.56 Å². The van der Waals surface area contributed by atoms with E-state index in [1.165, 1.54) is 22.7 Å². The number of benzene rings is 2. The second-order valence-corrected chi connectivity index (χ2v) is 8.06. The first-order valence-corrected chi connectivity index (χ1v) is 9.89. The first-order valence-electron chi connectivity index (χ1n) is 9.01. The molecule has 1 atom stereocenters. The summed E-state index contributed by atoms with van der Waals surface area (Å²) >= 11 is 1.53. The number of H-pyrrole nitrogens is 1. The molecule has 3 heterocycles. The average Bonchev–Trinajstić information content (AvgIpc) is 3.10. The van der Waals surface area contributed by atoms with Crippen LogP contribution in [-0.2, 0) is 0 Å². The molecule has 0 bridgehead atoms. The Morgan fingerprint density at radius 1 is 1.04 bits per heavy atom. The third-order valence-corrected chi connectivity index (χ3v) is 5.92. The van der Waals surface area contributed by atoms with Crippen molar-refractivity contribution in [2.24, 2.45) is 0 Å². The van der Waals surface area contributed by atoms with E-state index in [9.17, 15) is 4.79 Å². The molecule has 5 rings (SSSR count). The van der Waals surface area contributed by atoms with Crippen LogP contribution in [0.2, 0.25) is 0 Å². The molecule has 0 unspecified atom stereocenters. The molecule has 6 nitrogen and oxygen atoms in total. The van der Waals surface area contributed by atoms with Gasteiger partial charge in [-0.15, -0.1) is 10.2 Å². The van der Waals surface area contributed by atoms with Gasteiger partial charge in [-0.3, -0.25) is 9.20 Å². The number of rotatable bonds is 3. The first-order chi connectivity index (χ1) is 13.6. The van der Waals surface area contributed by atoms with Gasteiger partial charge < -0.3 is 4.98 Å². The number of fused-ring (bicyclic) bond motifs is 4. The van der Waals surface area contributed by atoms with Crippen LogP contribution >= 0.6 is 11.8 Å². The number of aromatic amines is 1. The summed E-state index contributed by atoms with van der Waals surface area (Å²) in [5, 5.41) is 11.2. The van der Waals surface area contributed by atoms with Crippen molar-refractivity contribution >= 4 is 39.2 Å². The number of hydrogen-bond donors (Lipinski definition) is 1. The minimum atomic E-state index is -0.125. The molecular weight excluding hydrogens is 370 g/mol. The molecule has 0 saturated heterocycles. The van der Waals surface area contributed by atoms with Gasteiger partial charge in [-0.05, 0) is 43.7 Å². The van der Waals surface area contributed by atoms with E-state index in [0.717, 1.165) is 16.3 Å². The summed E-state index contributed by atoms with van der Waals surface area (Å²) in [6.07, 6.45) is 0. The Hall–Kier alpha value is -3.19. The van der Waals surface area contributed by atoms with E-state index < -0.39 is 0 Å². The van der Waals surface area contributed by atoms with E-state index >= 15 is 0 Å². The normalized spacial score (nSPS) is 12.8. The van der Waals surface area contributed by atoms with Crippen LogP contribution in [0.3, 0.4) is 0 Å². The van der Waals surface area contributed by atoms with Crippen LogP contribution in [-0.4, -0.2) is 24.6 Å². The fraction of sp³-hybridized carbons (Fsp3) is 0.143. The summed E-state index contributed by atoms with van der Waals surface area (Å²) in [6, 6.07) is 17.6. The number of hydrogen-bond acceptors (Lipinski definition) is 5. The zero-order chi connectivity index (χ0) is 19.3. The van der Waals surface area contributed by atoms with Gasteiger partial charge in [0.1, 0.15) is 5.82 Å². The fourth-order valence-electron chi connectivity index (χ4n) is 3.46. The maximum Gasteiger partial charge on any atom is 0.258 e. The Bertz CT molecular complexity index is 1400. The minimum absolute atomic E-state index is 0.0928. The summed E-state index contributed by atoms with van der Waals surface area (Å²) in [6.45, 7) is 4.09. The summed E-state index contributed by atoms with van der Waals surface area (Å²) in [4.78, 5) is 19.9. The number of aromatic nitrogens is 5. The Balaban J connectivity index is 1.61. The third kappa shape index (κ3) is 2.66. The van der Waals surface area contributed by atoms with Crippen molar-refractivity contribution < 1.29 is 0 Å². The smallest absolute Gasteiger partial charge is 0.258 e. The standard InChI is InChI=1S/C21H17N5OS/c1-12-11-18-24-25-21(26(18)17-10-6-4-7-14(12)17)28-13(2)19-22-16-9-5-3-8-15(16)20(27)23-19/h3-11,13H,1-2H3,(H,22,23,27)/t13-/m1/s1. The minimum Gasteiger partial charge on any atom is -0.309 e. The van der Waals surface area contributed by atoms with Crippen LogP contribution in [0.4, 0.5) is 0 Å². The Kier molecular flexibility index (Phi) is 3.91. The van der Waals surface area contributed by atoms with Crippen molar-refractivity contribution in [1.82, 2.24) is 24.6 Å². The van der Waals surface area contributed by atoms with Crippen LogP contribution in [0.25, 0.3) is 27.5 Å². The number of para-hydroxylation sites is 2. The highest BCUT2D eigenvalue weighted by atomic mass is 32.2. The number of aryl methyl sites for hydroxylation is 1. The first kappa shape index (κ1) is 16.9. The predicted molar refractivity (Wildman–Crippen MR) is 112 cm³/mol. The second-order valence-electron chi connectivity index (χ2n) is 6.75. The number of nitrogens with zero attached hydrogens (tertiary/aromatic N) is 4. The number of nitrogens with one attached hydrogen (secondary N) is 1. The largest absolute Gasteiger partial charge is 0.309 e. The van der Waals surface area contributed by atoms with Crippen molar-refractivity contribution in [3.63, 3.8) is 0 Å². The monoisotopic (exact) mass is 387 g/mol. The summed E-state index contributed by atoms with van der Waals surface area (Å²) in [7, 11) is 0. The maximum atomic E-state index is 12.4. The van der Waals surface area contributed by atoms with E-state index in [2.05, 4.69) is 43.6 Å². The zero-order valence-electron chi connectivity index (χ0n) is 15.4. The van der Waals surface area contributed by atoms with Crippen LogP contribution in [0.1, 0.15) is 23.6 Å². The molecule has 2 aromatic carbocycles. The molecule has 0 radical (unpaired) electrons. The molecule has 138 valence electrons. The highest BCUT2D eigenvalue weighted by Gasteiger charge is 2.17. The van der Waals surface area contributed by atoms with Crippen molar-refractivity contribution in [3.05, 3.63) is 76.3 Å². The van der Waals surface area contributed by atoms with Gasteiger partial charge in [0.15, 0.2) is 10.8 Å². The Labute approximate surface area is 164 Å². The van der Waals surface area contributed by atoms with Gasteiger partial charge in [-0.25, -0.2) is 4.98 Å². The fourth-order valence-corrected chi connectivity index (χ4v) is 4.39. The summed E-state index contributed by atoms with van der Waals surface area (Å²) < 4.78 is 2.06. The van der Waals surface area contributed by atoms with Crippen molar-refractivity contribution in [3.8, 4) is 0 Å². The van der Waals surface area contributed by atoms with Crippen molar-refractivity contribution in [1.29, 1.82) is 0 Å². The van der Waals surface area contributed by atoms with Crippen LogP contribution in [0.5, 0.6) is 0 Å². The average molecular weight is 387 g/mol. The quantitative estimate of drug-likeness (QED) is 0.468.